The molecule has 3 nitrogen and oxygen atoms in total. The number of hydrogen-bond acceptors (Lipinski definition) is 3. The molecule has 0 atom stereocenters. The average Bonchev–Trinajstić information content (AvgIpc) is 2.48. The Hall–Kier alpha value is -1.38. The fraction of sp³-hybridized carbons (Fsp3) is 0.667. The third kappa shape index (κ3) is 8.49. The number of benzene rings is 1. The summed E-state index contributed by atoms with van der Waals surface area (Å²) in [7, 11) is 0. The molecular weight excluding hydrogens is 264 g/mol. The highest BCUT2D eigenvalue weighted by atomic mass is 16.5. The molecule has 3 heteroatoms. The molecule has 0 aliphatic carbocycles. The Morgan fingerprint density at radius 3 is 1.90 bits per heavy atom. The molecule has 1 rings (SSSR count). The highest BCUT2D eigenvalue weighted by molar-refractivity contribution is 5.43. The lowest BCUT2D eigenvalue weighted by molar-refractivity contribution is 0.301. The summed E-state index contributed by atoms with van der Waals surface area (Å²) in [5.41, 5.74) is 0. The van der Waals surface area contributed by atoms with Crippen LogP contribution in [0.25, 0.3) is 0 Å². The average molecular weight is 294 g/mol. The van der Waals surface area contributed by atoms with Crippen molar-refractivity contribution in [2.24, 2.45) is 0 Å². The van der Waals surface area contributed by atoms with Crippen LogP contribution < -0.4 is 4.74 Å². The molecule has 0 aromatic heterocycles. The van der Waals surface area contributed by atoms with Crippen molar-refractivity contribution in [3.63, 3.8) is 0 Å². The SMILES string of the molecule is CCCCCCCCCCCCOc1ccc(O)c(O)c1. The maximum absolute atomic E-state index is 9.35. The number of rotatable bonds is 12. The van der Waals surface area contributed by atoms with E-state index in [1.807, 2.05) is 0 Å². The molecular formula is C18H30O3. The molecule has 0 heterocycles. The van der Waals surface area contributed by atoms with Crippen LogP contribution in [-0.4, -0.2) is 16.8 Å². The third-order valence-electron chi connectivity index (χ3n) is 3.71. The maximum atomic E-state index is 9.35. The Morgan fingerprint density at radius 2 is 1.33 bits per heavy atom. The zero-order valence-corrected chi connectivity index (χ0v) is 13.3. The van der Waals surface area contributed by atoms with E-state index in [1.165, 1.54) is 69.9 Å². The van der Waals surface area contributed by atoms with Crippen molar-refractivity contribution in [3.8, 4) is 17.2 Å². The Labute approximate surface area is 129 Å². The maximum Gasteiger partial charge on any atom is 0.161 e. The van der Waals surface area contributed by atoms with E-state index in [2.05, 4.69) is 6.92 Å². The monoisotopic (exact) mass is 294 g/mol. The van der Waals surface area contributed by atoms with Crippen molar-refractivity contribution in [2.75, 3.05) is 6.61 Å². The van der Waals surface area contributed by atoms with Crippen LogP contribution in [-0.2, 0) is 0 Å². The lowest BCUT2D eigenvalue weighted by atomic mass is 10.1. The van der Waals surface area contributed by atoms with Crippen LogP contribution >= 0.6 is 0 Å². The quantitative estimate of drug-likeness (QED) is 0.401. The molecule has 0 bridgehead atoms. The van der Waals surface area contributed by atoms with Gasteiger partial charge in [-0.1, -0.05) is 64.7 Å². The highest BCUT2D eigenvalue weighted by Crippen LogP contribution is 2.28. The molecule has 0 unspecified atom stereocenters. The minimum Gasteiger partial charge on any atom is -0.504 e. The predicted molar refractivity (Wildman–Crippen MR) is 87.1 cm³/mol. The van der Waals surface area contributed by atoms with Crippen LogP contribution in [0.1, 0.15) is 71.1 Å². The van der Waals surface area contributed by atoms with Gasteiger partial charge in [0, 0.05) is 6.07 Å². The minimum absolute atomic E-state index is 0.110. The van der Waals surface area contributed by atoms with Crippen molar-refractivity contribution < 1.29 is 14.9 Å². The fourth-order valence-electron chi connectivity index (χ4n) is 2.37. The summed E-state index contributed by atoms with van der Waals surface area (Å²) >= 11 is 0. The van der Waals surface area contributed by atoms with Crippen LogP contribution in [0.4, 0.5) is 0 Å². The lowest BCUT2D eigenvalue weighted by Crippen LogP contribution is -1.97. The van der Waals surface area contributed by atoms with E-state index in [-0.39, 0.29) is 11.5 Å². The largest absolute Gasteiger partial charge is 0.504 e. The normalized spacial score (nSPS) is 10.7. The van der Waals surface area contributed by atoms with Crippen molar-refractivity contribution >= 4 is 0 Å². The van der Waals surface area contributed by atoms with Gasteiger partial charge in [0.15, 0.2) is 11.5 Å². The van der Waals surface area contributed by atoms with Crippen LogP contribution in [0.15, 0.2) is 18.2 Å². The molecule has 0 aliphatic rings. The number of unbranched alkanes of at least 4 members (excludes halogenated alkanes) is 9. The van der Waals surface area contributed by atoms with Gasteiger partial charge in [-0.25, -0.2) is 0 Å². The second-order valence-electron chi connectivity index (χ2n) is 5.68. The molecule has 1 aromatic rings. The second-order valence-corrected chi connectivity index (χ2v) is 5.68. The number of phenols is 2. The molecule has 0 saturated heterocycles. The van der Waals surface area contributed by atoms with Gasteiger partial charge in [-0.05, 0) is 18.6 Å². The van der Waals surface area contributed by atoms with Gasteiger partial charge in [0.25, 0.3) is 0 Å². The summed E-state index contributed by atoms with van der Waals surface area (Å²) in [4.78, 5) is 0. The molecule has 0 aliphatic heterocycles. The van der Waals surface area contributed by atoms with Gasteiger partial charge < -0.3 is 14.9 Å². The van der Waals surface area contributed by atoms with Crippen LogP contribution in [0.2, 0.25) is 0 Å². The summed E-state index contributed by atoms with van der Waals surface area (Å²) in [5.74, 6) is 0.373. The van der Waals surface area contributed by atoms with E-state index in [9.17, 15) is 10.2 Å². The van der Waals surface area contributed by atoms with Gasteiger partial charge in [-0.15, -0.1) is 0 Å². The minimum atomic E-state index is -0.129. The first-order valence-electron chi connectivity index (χ1n) is 8.39. The van der Waals surface area contributed by atoms with Gasteiger partial charge in [0.1, 0.15) is 5.75 Å². The summed E-state index contributed by atoms with van der Waals surface area (Å²) in [6.07, 6.45) is 13.0. The fourth-order valence-corrected chi connectivity index (χ4v) is 2.37. The van der Waals surface area contributed by atoms with Gasteiger partial charge >= 0.3 is 0 Å². The van der Waals surface area contributed by atoms with E-state index < -0.39 is 0 Å². The number of aromatic hydroxyl groups is 2. The van der Waals surface area contributed by atoms with Crippen molar-refractivity contribution in [1.82, 2.24) is 0 Å². The van der Waals surface area contributed by atoms with Crippen LogP contribution in [0.3, 0.4) is 0 Å². The van der Waals surface area contributed by atoms with E-state index in [1.54, 1.807) is 6.07 Å². The number of ether oxygens (including phenoxy) is 1. The van der Waals surface area contributed by atoms with E-state index in [0.29, 0.717) is 12.4 Å². The van der Waals surface area contributed by atoms with Crippen LogP contribution in [0.5, 0.6) is 17.2 Å². The van der Waals surface area contributed by atoms with Gasteiger partial charge in [-0.2, -0.15) is 0 Å². The Morgan fingerprint density at radius 1 is 0.762 bits per heavy atom. The van der Waals surface area contributed by atoms with Gasteiger partial charge in [0.2, 0.25) is 0 Å². The van der Waals surface area contributed by atoms with Gasteiger partial charge in [-0.3, -0.25) is 0 Å². The first-order valence-corrected chi connectivity index (χ1v) is 8.39. The molecule has 0 radical (unpaired) electrons. The Balaban J connectivity index is 1.91. The van der Waals surface area contributed by atoms with E-state index >= 15 is 0 Å². The number of phenolic OH excluding ortho intramolecular Hbond substituents is 2. The van der Waals surface area contributed by atoms with Crippen molar-refractivity contribution in [3.05, 3.63) is 18.2 Å². The smallest absolute Gasteiger partial charge is 0.161 e. The lowest BCUT2D eigenvalue weighted by Gasteiger charge is -2.07. The standard InChI is InChI=1S/C18H30O3/c1-2-3-4-5-6-7-8-9-10-11-14-21-16-12-13-17(19)18(20)15-16/h12-13,15,19-20H,2-11,14H2,1H3. The number of hydrogen-bond donors (Lipinski definition) is 2. The van der Waals surface area contributed by atoms with Crippen molar-refractivity contribution in [1.29, 1.82) is 0 Å². The molecule has 2 N–H and O–H groups in total. The molecule has 1 aromatic carbocycles. The summed E-state index contributed by atoms with van der Waals surface area (Å²) < 4.78 is 5.54. The molecule has 0 fully saturated rings. The first kappa shape index (κ1) is 17.7. The molecule has 21 heavy (non-hydrogen) atoms. The first-order chi connectivity index (χ1) is 10.2. The van der Waals surface area contributed by atoms with Crippen molar-refractivity contribution in [2.45, 2.75) is 71.1 Å². The molecule has 0 spiro atoms. The highest BCUT2D eigenvalue weighted by Gasteiger charge is 2.01. The Kier molecular flexibility index (Phi) is 9.51. The summed E-state index contributed by atoms with van der Waals surface area (Å²) in [6, 6.07) is 4.57. The Bertz CT molecular complexity index is 377. The van der Waals surface area contributed by atoms with E-state index in [4.69, 9.17) is 4.74 Å². The predicted octanol–water partition coefficient (Wildman–Crippen LogP) is 5.40. The molecule has 0 saturated carbocycles. The van der Waals surface area contributed by atoms with E-state index in [0.717, 1.165) is 6.42 Å². The van der Waals surface area contributed by atoms with Gasteiger partial charge in [0.05, 0.1) is 6.61 Å². The second kappa shape index (κ2) is 11.3. The zero-order chi connectivity index (χ0) is 15.3. The molecule has 120 valence electrons. The van der Waals surface area contributed by atoms with Crippen LogP contribution in [0, 0.1) is 0 Å². The third-order valence-corrected chi connectivity index (χ3v) is 3.71. The summed E-state index contributed by atoms with van der Waals surface area (Å²) in [6.45, 7) is 2.92. The molecule has 0 amide bonds. The zero-order valence-electron chi connectivity index (χ0n) is 13.3. The summed E-state index contributed by atoms with van der Waals surface area (Å²) in [5, 5.41) is 18.5. The topological polar surface area (TPSA) is 49.7 Å².